The predicted octanol–water partition coefficient (Wildman–Crippen LogP) is 2.27. The van der Waals surface area contributed by atoms with Gasteiger partial charge in [-0.2, -0.15) is 0 Å². The molecule has 0 aromatic heterocycles. The molecule has 0 bridgehead atoms. The monoisotopic (exact) mass is 242 g/mol. The molecule has 4 heteroatoms. The van der Waals surface area contributed by atoms with Crippen LogP contribution in [0, 0.1) is 6.92 Å². The van der Waals surface area contributed by atoms with Gasteiger partial charge in [0, 0.05) is 6.04 Å². The molecule has 0 spiro atoms. The van der Waals surface area contributed by atoms with Crippen LogP contribution in [0.5, 0.6) is 5.75 Å². The summed E-state index contributed by atoms with van der Waals surface area (Å²) in [5.74, 6) is 0.713. The van der Waals surface area contributed by atoms with Gasteiger partial charge < -0.3 is 15.8 Å². The minimum atomic E-state index is 0.244. The normalized spacial score (nSPS) is 12.6. The molecule has 90 valence electrons. The van der Waals surface area contributed by atoms with Gasteiger partial charge in [-0.25, -0.2) is 0 Å². The third-order valence-electron chi connectivity index (χ3n) is 2.72. The van der Waals surface area contributed by atoms with E-state index in [0.29, 0.717) is 17.3 Å². The lowest BCUT2D eigenvalue weighted by atomic mass is 9.98. The van der Waals surface area contributed by atoms with E-state index in [-0.39, 0.29) is 6.04 Å². The molecule has 0 radical (unpaired) electrons. The Morgan fingerprint density at radius 2 is 2.19 bits per heavy atom. The zero-order valence-electron chi connectivity index (χ0n) is 10.0. The Labute approximate surface area is 102 Å². The molecule has 1 rings (SSSR count). The summed E-state index contributed by atoms with van der Waals surface area (Å²) in [4.78, 5) is 0. The maximum absolute atomic E-state index is 6.12. The Balaban J connectivity index is 3.08. The van der Waals surface area contributed by atoms with Crippen molar-refractivity contribution in [1.82, 2.24) is 5.32 Å². The summed E-state index contributed by atoms with van der Waals surface area (Å²) in [6.07, 6.45) is 0.889. The van der Waals surface area contributed by atoms with Gasteiger partial charge in [0.2, 0.25) is 0 Å². The summed E-state index contributed by atoms with van der Waals surface area (Å²) >= 11 is 6.12. The Bertz CT molecular complexity index is 355. The van der Waals surface area contributed by atoms with E-state index in [1.807, 2.05) is 19.2 Å². The van der Waals surface area contributed by atoms with Gasteiger partial charge in [-0.15, -0.1) is 0 Å². The average molecular weight is 243 g/mol. The number of hydrogen-bond donors (Lipinski definition) is 2. The topological polar surface area (TPSA) is 47.3 Å². The van der Waals surface area contributed by atoms with E-state index in [4.69, 9.17) is 22.1 Å². The van der Waals surface area contributed by atoms with Crippen molar-refractivity contribution in [2.24, 2.45) is 5.73 Å². The summed E-state index contributed by atoms with van der Waals surface area (Å²) < 4.78 is 5.18. The summed E-state index contributed by atoms with van der Waals surface area (Å²) in [5.41, 5.74) is 7.93. The molecule has 3 nitrogen and oxygen atoms in total. The number of halogens is 1. The maximum atomic E-state index is 6.12. The van der Waals surface area contributed by atoms with Gasteiger partial charge in [0.1, 0.15) is 5.75 Å². The molecule has 1 aromatic carbocycles. The van der Waals surface area contributed by atoms with Gasteiger partial charge in [-0.05, 0) is 50.2 Å². The van der Waals surface area contributed by atoms with E-state index in [1.165, 1.54) is 5.56 Å². The van der Waals surface area contributed by atoms with Crippen LogP contribution >= 0.6 is 11.6 Å². The second kappa shape index (κ2) is 6.09. The first-order valence-electron chi connectivity index (χ1n) is 5.35. The van der Waals surface area contributed by atoms with E-state index in [0.717, 1.165) is 12.0 Å². The fourth-order valence-corrected chi connectivity index (χ4v) is 2.07. The number of hydrogen-bond acceptors (Lipinski definition) is 3. The molecular weight excluding hydrogens is 224 g/mol. The molecule has 1 unspecified atom stereocenters. The molecule has 1 atom stereocenters. The highest BCUT2D eigenvalue weighted by atomic mass is 35.5. The number of aryl methyl sites for hydroxylation is 1. The van der Waals surface area contributed by atoms with Crippen LogP contribution in [-0.4, -0.2) is 20.7 Å². The van der Waals surface area contributed by atoms with Crippen LogP contribution in [0.4, 0.5) is 0 Å². The second-order valence-corrected chi connectivity index (χ2v) is 4.17. The van der Waals surface area contributed by atoms with Gasteiger partial charge in [-0.3, -0.25) is 0 Å². The quantitative estimate of drug-likeness (QED) is 0.833. The first kappa shape index (κ1) is 13.3. The summed E-state index contributed by atoms with van der Waals surface area (Å²) in [7, 11) is 3.55. The Kier molecular flexibility index (Phi) is 5.06. The molecular formula is C12H19ClN2O. The lowest BCUT2D eigenvalue weighted by molar-refractivity contribution is 0.414. The van der Waals surface area contributed by atoms with Crippen LogP contribution in [0.3, 0.4) is 0 Å². The molecule has 0 aliphatic carbocycles. The lowest BCUT2D eigenvalue weighted by Gasteiger charge is -2.19. The molecule has 0 saturated carbocycles. The molecule has 0 saturated heterocycles. The van der Waals surface area contributed by atoms with Crippen molar-refractivity contribution in [1.29, 1.82) is 0 Å². The van der Waals surface area contributed by atoms with Crippen LogP contribution < -0.4 is 15.8 Å². The number of methoxy groups -OCH3 is 1. The molecule has 0 fully saturated rings. The molecule has 0 heterocycles. The van der Waals surface area contributed by atoms with Gasteiger partial charge in [0.05, 0.1) is 12.1 Å². The van der Waals surface area contributed by atoms with Gasteiger partial charge in [-0.1, -0.05) is 11.6 Å². The zero-order chi connectivity index (χ0) is 12.1. The third kappa shape index (κ3) is 2.88. The number of nitrogens with one attached hydrogen (secondary N) is 1. The van der Waals surface area contributed by atoms with Crippen molar-refractivity contribution in [2.45, 2.75) is 19.4 Å². The minimum absolute atomic E-state index is 0.244. The average Bonchev–Trinajstić information content (AvgIpc) is 2.28. The Hall–Kier alpha value is -0.770. The molecule has 3 N–H and O–H groups in total. The predicted molar refractivity (Wildman–Crippen MR) is 68.2 cm³/mol. The van der Waals surface area contributed by atoms with Gasteiger partial charge in [0.15, 0.2) is 0 Å². The van der Waals surface area contributed by atoms with Gasteiger partial charge >= 0.3 is 0 Å². The van der Waals surface area contributed by atoms with Crippen LogP contribution in [0.25, 0.3) is 0 Å². The largest absolute Gasteiger partial charge is 0.495 e. The smallest absolute Gasteiger partial charge is 0.137 e. The highest BCUT2D eigenvalue weighted by molar-refractivity contribution is 6.32. The Morgan fingerprint density at radius 3 is 2.69 bits per heavy atom. The first-order valence-corrected chi connectivity index (χ1v) is 5.73. The second-order valence-electron chi connectivity index (χ2n) is 3.76. The summed E-state index contributed by atoms with van der Waals surface area (Å²) in [6.45, 7) is 2.70. The van der Waals surface area contributed by atoms with E-state index in [9.17, 15) is 0 Å². The van der Waals surface area contributed by atoms with Crippen molar-refractivity contribution < 1.29 is 4.74 Å². The number of rotatable bonds is 5. The Morgan fingerprint density at radius 1 is 1.50 bits per heavy atom. The van der Waals surface area contributed by atoms with Crippen LogP contribution in [-0.2, 0) is 0 Å². The molecule has 0 aliphatic rings. The molecule has 16 heavy (non-hydrogen) atoms. The number of benzene rings is 1. The number of ether oxygens (including phenoxy) is 1. The van der Waals surface area contributed by atoms with Crippen molar-refractivity contribution in [3.8, 4) is 5.75 Å². The fourth-order valence-electron chi connectivity index (χ4n) is 1.82. The van der Waals surface area contributed by atoms with Gasteiger partial charge in [0.25, 0.3) is 0 Å². The summed E-state index contributed by atoms with van der Waals surface area (Å²) in [6, 6.07) is 4.15. The van der Waals surface area contributed by atoms with Crippen molar-refractivity contribution in [3.05, 3.63) is 28.3 Å². The third-order valence-corrected chi connectivity index (χ3v) is 3.02. The van der Waals surface area contributed by atoms with Crippen LogP contribution in [0.1, 0.15) is 23.6 Å². The minimum Gasteiger partial charge on any atom is -0.495 e. The van der Waals surface area contributed by atoms with Crippen LogP contribution in [0.2, 0.25) is 5.02 Å². The zero-order valence-corrected chi connectivity index (χ0v) is 10.8. The summed E-state index contributed by atoms with van der Waals surface area (Å²) in [5, 5.41) is 3.88. The highest BCUT2D eigenvalue weighted by Crippen LogP contribution is 2.31. The molecule has 0 aliphatic heterocycles. The molecule has 0 amide bonds. The SMILES string of the molecule is CNC(CCN)c1cc(Cl)c(OC)cc1C. The molecule has 1 aromatic rings. The van der Waals surface area contributed by atoms with E-state index in [1.54, 1.807) is 7.11 Å². The fraction of sp³-hybridized carbons (Fsp3) is 0.500. The van der Waals surface area contributed by atoms with E-state index < -0.39 is 0 Å². The number of nitrogens with two attached hydrogens (primary N) is 1. The maximum Gasteiger partial charge on any atom is 0.137 e. The standard InChI is InChI=1S/C12H19ClN2O/c1-8-6-12(16-3)10(13)7-9(8)11(15-2)4-5-14/h6-7,11,15H,4-5,14H2,1-3H3. The lowest BCUT2D eigenvalue weighted by Crippen LogP contribution is -2.20. The van der Waals surface area contributed by atoms with E-state index in [2.05, 4.69) is 12.2 Å². The van der Waals surface area contributed by atoms with Crippen molar-refractivity contribution >= 4 is 11.6 Å². The first-order chi connectivity index (χ1) is 7.63. The van der Waals surface area contributed by atoms with Crippen LogP contribution in [0.15, 0.2) is 12.1 Å². The van der Waals surface area contributed by atoms with Crippen molar-refractivity contribution in [2.75, 3.05) is 20.7 Å². The highest BCUT2D eigenvalue weighted by Gasteiger charge is 2.13. The van der Waals surface area contributed by atoms with E-state index >= 15 is 0 Å². The van der Waals surface area contributed by atoms with Crippen molar-refractivity contribution in [3.63, 3.8) is 0 Å².